The number of rotatable bonds is 11. The van der Waals surface area contributed by atoms with E-state index in [2.05, 4.69) is 33.4 Å². The second-order valence-electron chi connectivity index (χ2n) is 9.97. The molecule has 4 aromatic rings. The number of pyridine rings is 1. The molecule has 0 saturated carbocycles. The van der Waals surface area contributed by atoms with E-state index in [0.29, 0.717) is 29.2 Å². The number of hydrogen-bond acceptors (Lipinski definition) is 9. The zero-order valence-corrected chi connectivity index (χ0v) is 24.9. The molecule has 2 aliphatic heterocycles. The Hall–Kier alpha value is -2.83. The number of para-hydroxylation sites is 1. The van der Waals surface area contributed by atoms with Crippen LogP contribution in [-0.2, 0) is 27.7 Å². The Morgan fingerprint density at radius 1 is 1.15 bits per heavy atom. The normalized spacial score (nSPS) is 19.0. The molecule has 1 saturated heterocycles. The molecule has 1 aromatic carbocycles. The van der Waals surface area contributed by atoms with E-state index in [1.807, 2.05) is 37.5 Å². The van der Waals surface area contributed by atoms with Gasteiger partial charge in [0.1, 0.15) is 9.22 Å². The van der Waals surface area contributed by atoms with Gasteiger partial charge in [0.15, 0.2) is 0 Å². The highest BCUT2D eigenvalue weighted by atomic mass is 32.2. The summed E-state index contributed by atoms with van der Waals surface area (Å²) < 4.78 is 34.7. The first-order chi connectivity index (χ1) is 19.5. The van der Waals surface area contributed by atoms with Crippen LogP contribution in [0.25, 0.3) is 0 Å². The third kappa shape index (κ3) is 5.53. The summed E-state index contributed by atoms with van der Waals surface area (Å²) in [5.41, 5.74) is 3.74. The van der Waals surface area contributed by atoms with Gasteiger partial charge in [-0.25, -0.2) is 13.4 Å². The van der Waals surface area contributed by atoms with Gasteiger partial charge in [0.25, 0.3) is 10.0 Å². The fourth-order valence-corrected chi connectivity index (χ4v) is 9.15. The fourth-order valence-electron chi connectivity index (χ4n) is 5.59. The number of anilines is 2. The van der Waals surface area contributed by atoms with Crippen molar-refractivity contribution in [2.24, 2.45) is 0 Å². The Morgan fingerprint density at radius 2 is 2.08 bits per heavy atom. The molecule has 40 heavy (non-hydrogen) atoms. The Labute approximate surface area is 243 Å². The SMILES string of the molecule is CCOCCN(c1cccc2c1NC(c1ncc(CN3CCCC3c3ccccn3)s1)C2)S(=O)(=O)c1cccs1. The maximum absolute atomic E-state index is 13.7. The van der Waals surface area contributed by atoms with Crippen LogP contribution in [0.5, 0.6) is 0 Å². The fraction of sp³-hybridized carbons (Fsp3) is 0.379. The van der Waals surface area contributed by atoms with Gasteiger partial charge in [0.05, 0.1) is 42.3 Å². The first-order valence-electron chi connectivity index (χ1n) is 13.7. The van der Waals surface area contributed by atoms with Crippen LogP contribution in [0, 0.1) is 0 Å². The van der Waals surface area contributed by atoms with Gasteiger partial charge in [-0.2, -0.15) is 0 Å². The third-order valence-electron chi connectivity index (χ3n) is 7.44. The molecule has 1 N–H and O–H groups in total. The van der Waals surface area contributed by atoms with Crippen molar-refractivity contribution in [3.05, 3.63) is 87.4 Å². The van der Waals surface area contributed by atoms with Crippen LogP contribution >= 0.6 is 22.7 Å². The molecule has 2 atom stereocenters. The molecular weight excluding hydrogens is 563 g/mol. The van der Waals surface area contributed by atoms with E-state index >= 15 is 0 Å². The number of hydrogen-bond donors (Lipinski definition) is 1. The van der Waals surface area contributed by atoms with Crippen LogP contribution in [0.2, 0.25) is 0 Å². The lowest BCUT2D eigenvalue weighted by Gasteiger charge is -2.26. The minimum atomic E-state index is -3.72. The average Bonchev–Trinajstić information content (AvgIpc) is 3.78. The highest BCUT2D eigenvalue weighted by molar-refractivity contribution is 7.94. The summed E-state index contributed by atoms with van der Waals surface area (Å²) in [6.07, 6.45) is 6.92. The number of sulfonamides is 1. The maximum atomic E-state index is 13.7. The summed E-state index contributed by atoms with van der Waals surface area (Å²) in [6.45, 7) is 4.92. The number of likely N-dealkylation sites (tertiary alicyclic amines) is 1. The molecule has 0 spiro atoms. The van der Waals surface area contributed by atoms with E-state index < -0.39 is 10.0 Å². The molecule has 0 amide bonds. The lowest BCUT2D eigenvalue weighted by Crippen LogP contribution is -2.34. The Kier molecular flexibility index (Phi) is 8.17. The summed E-state index contributed by atoms with van der Waals surface area (Å²) in [7, 11) is -3.72. The van der Waals surface area contributed by atoms with Crippen molar-refractivity contribution in [2.75, 3.05) is 35.9 Å². The van der Waals surface area contributed by atoms with Gasteiger partial charge in [-0.15, -0.1) is 22.7 Å². The standard InChI is InChI=1S/C29H33N5O3S3/c1-2-37-16-15-34(40(35,36)27-12-7-17-38-27)26-10-5-8-21-18-24(32-28(21)26)29-31-19-22(39-29)20-33-14-6-11-25(33)23-9-3-4-13-30-23/h3-5,7-10,12-13,17,19,24-25,32H,2,6,11,14-16,18,20H2,1H3. The van der Waals surface area contributed by atoms with Crippen LogP contribution in [-0.4, -0.2) is 49.6 Å². The largest absolute Gasteiger partial charge is 0.380 e. The number of ether oxygens (including phenoxy) is 1. The molecular formula is C29H33N5O3S3. The van der Waals surface area contributed by atoms with Crippen molar-refractivity contribution >= 4 is 44.1 Å². The lowest BCUT2D eigenvalue weighted by molar-refractivity contribution is 0.156. The molecule has 3 aromatic heterocycles. The molecule has 11 heteroatoms. The smallest absolute Gasteiger partial charge is 0.273 e. The van der Waals surface area contributed by atoms with E-state index in [4.69, 9.17) is 9.72 Å². The Bertz CT molecular complexity index is 1530. The van der Waals surface area contributed by atoms with Crippen LogP contribution in [0.3, 0.4) is 0 Å². The molecule has 5 heterocycles. The van der Waals surface area contributed by atoms with Crippen LogP contribution in [0.1, 0.15) is 53.0 Å². The van der Waals surface area contributed by atoms with E-state index in [0.717, 1.165) is 47.9 Å². The van der Waals surface area contributed by atoms with Gasteiger partial charge in [-0.3, -0.25) is 14.2 Å². The summed E-state index contributed by atoms with van der Waals surface area (Å²) in [5.74, 6) is 0. The predicted octanol–water partition coefficient (Wildman–Crippen LogP) is 5.88. The summed E-state index contributed by atoms with van der Waals surface area (Å²) >= 11 is 2.96. The van der Waals surface area contributed by atoms with Gasteiger partial charge in [0.2, 0.25) is 0 Å². The zero-order chi connectivity index (χ0) is 27.5. The monoisotopic (exact) mass is 595 g/mol. The highest BCUT2D eigenvalue weighted by Crippen LogP contribution is 2.43. The van der Waals surface area contributed by atoms with E-state index in [1.54, 1.807) is 28.8 Å². The van der Waals surface area contributed by atoms with Gasteiger partial charge in [-0.1, -0.05) is 24.3 Å². The minimum absolute atomic E-state index is 0.00162. The van der Waals surface area contributed by atoms with Crippen LogP contribution in [0.4, 0.5) is 11.4 Å². The van der Waals surface area contributed by atoms with Crippen LogP contribution < -0.4 is 9.62 Å². The Balaban J connectivity index is 1.21. The topological polar surface area (TPSA) is 87.7 Å². The number of benzene rings is 1. The van der Waals surface area contributed by atoms with Crippen molar-refractivity contribution in [3.63, 3.8) is 0 Å². The van der Waals surface area contributed by atoms with Gasteiger partial charge in [-0.05, 0) is 61.5 Å². The van der Waals surface area contributed by atoms with Crippen LogP contribution in [0.15, 0.2) is 70.5 Å². The number of nitrogens with one attached hydrogen (secondary N) is 1. The van der Waals surface area contributed by atoms with E-state index in [9.17, 15) is 8.42 Å². The summed E-state index contributed by atoms with van der Waals surface area (Å²) in [6, 6.07) is 15.8. The van der Waals surface area contributed by atoms with E-state index in [1.165, 1.54) is 26.9 Å². The molecule has 8 nitrogen and oxygen atoms in total. The molecule has 6 rings (SSSR count). The molecule has 0 aliphatic carbocycles. The highest BCUT2D eigenvalue weighted by Gasteiger charge is 2.33. The van der Waals surface area contributed by atoms with Crippen molar-refractivity contribution < 1.29 is 13.2 Å². The molecule has 2 unspecified atom stereocenters. The second-order valence-corrected chi connectivity index (χ2v) is 14.2. The van der Waals surface area contributed by atoms with E-state index in [-0.39, 0.29) is 12.6 Å². The third-order valence-corrected chi connectivity index (χ3v) is 11.7. The van der Waals surface area contributed by atoms with Gasteiger partial charge >= 0.3 is 0 Å². The number of thiazole rings is 1. The lowest BCUT2D eigenvalue weighted by atomic mass is 10.1. The van der Waals surface area contributed by atoms with Crippen molar-refractivity contribution in [3.8, 4) is 0 Å². The molecule has 0 bridgehead atoms. The molecule has 1 fully saturated rings. The number of fused-ring (bicyclic) bond motifs is 1. The maximum Gasteiger partial charge on any atom is 0.273 e. The van der Waals surface area contributed by atoms with Gasteiger partial charge < -0.3 is 10.1 Å². The number of thiophene rings is 1. The van der Waals surface area contributed by atoms with Gasteiger partial charge in [0, 0.05) is 36.8 Å². The quantitative estimate of drug-likeness (QED) is 0.217. The predicted molar refractivity (Wildman–Crippen MR) is 161 cm³/mol. The zero-order valence-electron chi connectivity index (χ0n) is 22.4. The van der Waals surface area contributed by atoms with Crippen molar-refractivity contribution in [2.45, 2.75) is 49.0 Å². The second kappa shape index (κ2) is 12.0. The number of nitrogens with zero attached hydrogens (tertiary/aromatic N) is 4. The number of aromatic nitrogens is 2. The first-order valence-corrected chi connectivity index (χ1v) is 16.8. The van der Waals surface area contributed by atoms with Crippen molar-refractivity contribution in [1.29, 1.82) is 0 Å². The summed E-state index contributed by atoms with van der Waals surface area (Å²) in [5, 5.41) is 6.44. The first kappa shape index (κ1) is 27.3. The minimum Gasteiger partial charge on any atom is -0.380 e. The molecule has 210 valence electrons. The molecule has 0 radical (unpaired) electrons. The van der Waals surface area contributed by atoms with Crippen molar-refractivity contribution in [1.82, 2.24) is 14.9 Å². The average molecular weight is 596 g/mol. The Morgan fingerprint density at radius 3 is 2.88 bits per heavy atom. The summed E-state index contributed by atoms with van der Waals surface area (Å²) in [4.78, 5) is 13.1. The molecule has 2 aliphatic rings.